The van der Waals surface area contributed by atoms with Crippen molar-refractivity contribution >= 4 is 23.6 Å². The number of carbonyl (C=O) groups is 2. The molecule has 0 atom stereocenters. The quantitative estimate of drug-likeness (QED) is 0.647. The number of amides is 2. The molecule has 1 N–H and O–H groups in total. The molecule has 96 valence electrons. The minimum absolute atomic E-state index is 0.0200. The number of rotatable bonds is 5. The topological polar surface area (TPSA) is 49.4 Å². The van der Waals surface area contributed by atoms with Gasteiger partial charge in [0.05, 0.1) is 6.54 Å². The van der Waals surface area contributed by atoms with Gasteiger partial charge < -0.3 is 10.2 Å². The highest BCUT2D eigenvalue weighted by Crippen LogP contribution is 2.17. The maximum absolute atomic E-state index is 11.4. The van der Waals surface area contributed by atoms with Crippen LogP contribution in [0.4, 0.5) is 0 Å². The second-order valence-electron chi connectivity index (χ2n) is 3.74. The zero-order valence-electron chi connectivity index (χ0n) is 10.4. The van der Waals surface area contributed by atoms with Crippen molar-refractivity contribution in [2.24, 2.45) is 0 Å². The van der Waals surface area contributed by atoms with Crippen molar-refractivity contribution in [1.82, 2.24) is 10.2 Å². The van der Waals surface area contributed by atoms with Crippen molar-refractivity contribution in [2.45, 2.75) is 4.90 Å². The van der Waals surface area contributed by atoms with E-state index in [2.05, 4.69) is 5.32 Å². The Labute approximate surface area is 111 Å². The number of carbonyl (C=O) groups excluding carboxylic acids is 2. The zero-order valence-corrected chi connectivity index (χ0v) is 11.2. The Morgan fingerprint density at radius 3 is 2.56 bits per heavy atom. The molecular formula is C13H16N2O2S. The van der Waals surface area contributed by atoms with Gasteiger partial charge in [-0.2, -0.15) is 0 Å². The van der Waals surface area contributed by atoms with Crippen LogP contribution in [0, 0.1) is 0 Å². The van der Waals surface area contributed by atoms with Gasteiger partial charge in [-0.15, -0.1) is 0 Å². The van der Waals surface area contributed by atoms with Crippen molar-refractivity contribution < 1.29 is 9.59 Å². The maximum atomic E-state index is 11.4. The van der Waals surface area contributed by atoms with E-state index in [1.54, 1.807) is 19.5 Å². The molecule has 0 saturated carbocycles. The van der Waals surface area contributed by atoms with Crippen LogP contribution in [0.15, 0.2) is 46.7 Å². The molecule has 0 heterocycles. The van der Waals surface area contributed by atoms with Gasteiger partial charge in [0, 0.05) is 25.1 Å². The van der Waals surface area contributed by atoms with Crippen LogP contribution in [0.2, 0.25) is 0 Å². The van der Waals surface area contributed by atoms with E-state index < -0.39 is 0 Å². The molecule has 0 fully saturated rings. The van der Waals surface area contributed by atoms with E-state index in [0.29, 0.717) is 0 Å². The van der Waals surface area contributed by atoms with Gasteiger partial charge in [-0.25, -0.2) is 0 Å². The Bertz CT molecular complexity index is 430. The van der Waals surface area contributed by atoms with E-state index in [1.165, 1.54) is 22.7 Å². The van der Waals surface area contributed by atoms with E-state index in [1.807, 2.05) is 30.3 Å². The van der Waals surface area contributed by atoms with Crippen molar-refractivity contribution in [2.75, 3.05) is 20.6 Å². The third-order valence-electron chi connectivity index (χ3n) is 2.08. The summed E-state index contributed by atoms with van der Waals surface area (Å²) in [6.45, 7) is 0.0200. The van der Waals surface area contributed by atoms with Crippen LogP contribution in [0.25, 0.3) is 0 Å². The Kier molecular flexibility index (Phi) is 6.00. The summed E-state index contributed by atoms with van der Waals surface area (Å²) in [5.41, 5.74) is 0. The van der Waals surface area contributed by atoms with Crippen molar-refractivity contribution in [1.29, 1.82) is 0 Å². The molecule has 4 nitrogen and oxygen atoms in total. The summed E-state index contributed by atoms with van der Waals surface area (Å²) in [5, 5.41) is 4.22. The van der Waals surface area contributed by atoms with Crippen LogP contribution in [-0.2, 0) is 9.59 Å². The first-order valence-electron chi connectivity index (χ1n) is 5.46. The zero-order chi connectivity index (χ0) is 13.4. The van der Waals surface area contributed by atoms with Gasteiger partial charge in [-0.05, 0) is 17.5 Å². The highest BCUT2D eigenvalue weighted by Gasteiger charge is 2.04. The number of benzene rings is 1. The molecule has 1 aromatic carbocycles. The Morgan fingerprint density at radius 1 is 1.28 bits per heavy atom. The number of likely N-dealkylation sites (N-methyl/N-ethyl adjacent to an activating group) is 1. The number of nitrogens with one attached hydrogen (secondary N) is 1. The Hall–Kier alpha value is -1.75. The van der Waals surface area contributed by atoms with E-state index >= 15 is 0 Å². The standard InChI is InChI=1S/C13H16N2O2S/c1-15(2)13(17)10-14-12(16)8-9-18-11-6-4-3-5-7-11/h3-9H,10H2,1-2H3,(H,14,16)/b9-8+. The number of thioether (sulfide) groups is 1. The molecule has 2 amide bonds. The van der Waals surface area contributed by atoms with Crippen molar-refractivity contribution in [3.63, 3.8) is 0 Å². The summed E-state index contributed by atoms with van der Waals surface area (Å²) in [4.78, 5) is 25.1. The summed E-state index contributed by atoms with van der Waals surface area (Å²) < 4.78 is 0. The summed E-state index contributed by atoms with van der Waals surface area (Å²) in [6, 6.07) is 9.73. The molecule has 0 bridgehead atoms. The highest BCUT2D eigenvalue weighted by atomic mass is 32.2. The average molecular weight is 264 g/mol. The first-order valence-corrected chi connectivity index (χ1v) is 6.34. The molecule has 0 aliphatic carbocycles. The molecule has 0 radical (unpaired) electrons. The molecular weight excluding hydrogens is 248 g/mol. The summed E-state index contributed by atoms with van der Waals surface area (Å²) in [5.74, 6) is -0.402. The minimum atomic E-state index is -0.270. The fourth-order valence-electron chi connectivity index (χ4n) is 1.05. The molecule has 1 aromatic rings. The normalized spacial score (nSPS) is 10.3. The molecule has 0 unspecified atom stereocenters. The van der Waals surface area contributed by atoms with Crippen LogP contribution >= 0.6 is 11.8 Å². The van der Waals surface area contributed by atoms with Crippen LogP contribution < -0.4 is 5.32 Å². The molecule has 0 aliphatic rings. The lowest BCUT2D eigenvalue weighted by Gasteiger charge is -2.09. The van der Waals surface area contributed by atoms with Crippen molar-refractivity contribution in [3.8, 4) is 0 Å². The lowest BCUT2D eigenvalue weighted by molar-refractivity contribution is -0.129. The predicted molar refractivity (Wildman–Crippen MR) is 73.1 cm³/mol. The fourth-order valence-corrected chi connectivity index (χ4v) is 1.72. The van der Waals surface area contributed by atoms with Crippen LogP contribution in [0.1, 0.15) is 0 Å². The molecule has 0 spiro atoms. The largest absolute Gasteiger partial charge is 0.347 e. The lowest BCUT2D eigenvalue weighted by Crippen LogP contribution is -2.35. The van der Waals surface area contributed by atoms with Crippen LogP contribution in [0.3, 0.4) is 0 Å². The van der Waals surface area contributed by atoms with Gasteiger partial charge in [-0.3, -0.25) is 9.59 Å². The molecule has 0 aliphatic heterocycles. The molecule has 1 rings (SSSR count). The first kappa shape index (κ1) is 14.3. The summed E-state index contributed by atoms with van der Waals surface area (Å²) in [6.07, 6.45) is 1.42. The number of hydrogen-bond acceptors (Lipinski definition) is 3. The smallest absolute Gasteiger partial charge is 0.244 e. The molecule has 0 saturated heterocycles. The van der Waals surface area contributed by atoms with Crippen molar-refractivity contribution in [3.05, 3.63) is 41.8 Å². The third-order valence-corrected chi connectivity index (χ3v) is 2.90. The first-order chi connectivity index (χ1) is 8.59. The second kappa shape index (κ2) is 7.55. The monoisotopic (exact) mass is 264 g/mol. The van der Waals surface area contributed by atoms with Gasteiger partial charge >= 0.3 is 0 Å². The Balaban J connectivity index is 2.30. The predicted octanol–water partition coefficient (Wildman–Crippen LogP) is 1.50. The SMILES string of the molecule is CN(C)C(=O)CNC(=O)/C=C/Sc1ccccc1. The lowest BCUT2D eigenvalue weighted by atomic mass is 10.4. The maximum Gasteiger partial charge on any atom is 0.244 e. The minimum Gasteiger partial charge on any atom is -0.347 e. The van der Waals surface area contributed by atoms with E-state index in [4.69, 9.17) is 0 Å². The molecule has 0 aromatic heterocycles. The van der Waals surface area contributed by atoms with Gasteiger partial charge in [0.2, 0.25) is 11.8 Å². The second-order valence-corrected chi connectivity index (χ2v) is 4.72. The van der Waals surface area contributed by atoms with Gasteiger partial charge in [0.25, 0.3) is 0 Å². The Morgan fingerprint density at radius 2 is 1.94 bits per heavy atom. The van der Waals surface area contributed by atoms with E-state index in [9.17, 15) is 9.59 Å². The fraction of sp³-hybridized carbons (Fsp3) is 0.231. The third kappa shape index (κ3) is 5.54. The number of hydrogen-bond donors (Lipinski definition) is 1. The summed E-state index contributed by atoms with van der Waals surface area (Å²) >= 11 is 1.45. The average Bonchev–Trinajstić information content (AvgIpc) is 2.37. The van der Waals surface area contributed by atoms with E-state index in [-0.39, 0.29) is 18.4 Å². The van der Waals surface area contributed by atoms with Crippen LogP contribution in [-0.4, -0.2) is 37.4 Å². The molecule has 5 heteroatoms. The molecule has 18 heavy (non-hydrogen) atoms. The highest BCUT2D eigenvalue weighted by molar-refractivity contribution is 8.02. The summed E-state index contributed by atoms with van der Waals surface area (Å²) in [7, 11) is 3.30. The van der Waals surface area contributed by atoms with Crippen LogP contribution in [0.5, 0.6) is 0 Å². The van der Waals surface area contributed by atoms with E-state index in [0.717, 1.165) is 4.90 Å². The van der Waals surface area contributed by atoms with Gasteiger partial charge in [0.15, 0.2) is 0 Å². The number of nitrogens with zero attached hydrogens (tertiary/aromatic N) is 1. The van der Waals surface area contributed by atoms with Gasteiger partial charge in [-0.1, -0.05) is 30.0 Å². The van der Waals surface area contributed by atoms with Gasteiger partial charge in [0.1, 0.15) is 0 Å².